The minimum Gasteiger partial charge on any atom is -0.239 e. The molecule has 2 aromatic heterocycles. The highest BCUT2D eigenvalue weighted by Crippen LogP contribution is 2.09. The van der Waals surface area contributed by atoms with Crippen molar-refractivity contribution in [3.8, 4) is 5.82 Å². The lowest BCUT2D eigenvalue weighted by molar-refractivity contribution is 0.830. The van der Waals surface area contributed by atoms with Gasteiger partial charge in [-0.15, -0.1) is 0 Å². The fourth-order valence-corrected chi connectivity index (χ4v) is 1.24. The third kappa shape index (κ3) is 1.87. The zero-order chi connectivity index (χ0) is 9.26. The van der Waals surface area contributed by atoms with E-state index in [-0.39, 0.29) is 0 Å². The minimum absolute atomic E-state index is 0.370. The Morgan fingerprint density at radius 1 is 1.31 bits per heavy atom. The van der Waals surface area contributed by atoms with Gasteiger partial charge in [-0.3, -0.25) is 0 Å². The number of aromatic nitrogens is 4. The molecule has 2 aromatic rings. The second-order valence-corrected chi connectivity index (χ2v) is 3.48. The van der Waals surface area contributed by atoms with E-state index in [1.165, 1.54) is 6.20 Å². The average Bonchev–Trinajstić information content (AvgIpc) is 2.53. The van der Waals surface area contributed by atoms with E-state index in [1.807, 2.05) is 6.07 Å². The van der Waals surface area contributed by atoms with Crippen LogP contribution in [0.2, 0.25) is 5.15 Å². The average molecular weight is 259 g/mol. The summed E-state index contributed by atoms with van der Waals surface area (Å²) in [5.74, 6) is 0.634. The Bertz CT molecular complexity index is 411. The van der Waals surface area contributed by atoms with Crippen LogP contribution < -0.4 is 0 Å². The molecule has 66 valence electrons. The maximum atomic E-state index is 5.59. The SMILES string of the molecule is Clc1cnc(-n2ccc(Br)n2)cn1. The number of halogens is 2. The summed E-state index contributed by atoms with van der Waals surface area (Å²) < 4.78 is 2.36. The molecule has 0 aliphatic heterocycles. The van der Waals surface area contributed by atoms with E-state index in [4.69, 9.17) is 11.6 Å². The van der Waals surface area contributed by atoms with Gasteiger partial charge in [0.2, 0.25) is 0 Å². The Hall–Kier alpha value is -0.940. The summed E-state index contributed by atoms with van der Waals surface area (Å²) in [5.41, 5.74) is 0. The molecular formula is C7H4BrClN4. The number of rotatable bonds is 1. The van der Waals surface area contributed by atoms with Crippen LogP contribution in [0, 0.1) is 0 Å². The van der Waals surface area contributed by atoms with Gasteiger partial charge in [-0.1, -0.05) is 11.6 Å². The van der Waals surface area contributed by atoms with Gasteiger partial charge in [0.25, 0.3) is 0 Å². The Morgan fingerprint density at radius 3 is 2.69 bits per heavy atom. The normalized spacial score (nSPS) is 10.3. The largest absolute Gasteiger partial charge is 0.239 e. The van der Waals surface area contributed by atoms with Gasteiger partial charge in [0.1, 0.15) is 9.76 Å². The Balaban J connectivity index is 2.41. The van der Waals surface area contributed by atoms with Gasteiger partial charge in [0.15, 0.2) is 5.82 Å². The molecule has 0 aliphatic rings. The van der Waals surface area contributed by atoms with Crippen LogP contribution in [0.4, 0.5) is 0 Å². The van der Waals surface area contributed by atoms with Crippen molar-refractivity contribution in [1.29, 1.82) is 0 Å². The lowest BCUT2D eigenvalue weighted by Gasteiger charge is -1.97. The van der Waals surface area contributed by atoms with Crippen molar-refractivity contribution >= 4 is 27.5 Å². The third-order valence-corrected chi connectivity index (χ3v) is 2.02. The summed E-state index contributed by atoms with van der Waals surface area (Å²) in [7, 11) is 0. The molecule has 0 saturated carbocycles. The van der Waals surface area contributed by atoms with Gasteiger partial charge in [-0.2, -0.15) is 5.10 Å². The van der Waals surface area contributed by atoms with Crippen LogP contribution in [0.25, 0.3) is 5.82 Å². The Labute approximate surface area is 87.7 Å². The Morgan fingerprint density at radius 2 is 2.15 bits per heavy atom. The zero-order valence-electron chi connectivity index (χ0n) is 6.35. The first-order valence-corrected chi connectivity index (χ1v) is 4.62. The van der Waals surface area contributed by atoms with E-state index in [0.29, 0.717) is 11.0 Å². The molecule has 6 heteroatoms. The molecule has 0 unspecified atom stereocenters. The summed E-state index contributed by atoms with van der Waals surface area (Å²) in [6, 6.07) is 1.82. The molecule has 4 nitrogen and oxygen atoms in total. The highest BCUT2D eigenvalue weighted by atomic mass is 79.9. The fourth-order valence-electron chi connectivity index (χ4n) is 0.853. The molecule has 0 N–H and O–H groups in total. The third-order valence-electron chi connectivity index (χ3n) is 1.40. The second-order valence-electron chi connectivity index (χ2n) is 2.28. The summed E-state index contributed by atoms with van der Waals surface area (Å²) in [4.78, 5) is 7.94. The molecule has 0 atom stereocenters. The first kappa shape index (κ1) is 8.65. The van der Waals surface area contributed by atoms with Crippen LogP contribution in [0.15, 0.2) is 29.3 Å². The number of hydrogen-bond donors (Lipinski definition) is 0. The van der Waals surface area contributed by atoms with E-state index < -0.39 is 0 Å². The van der Waals surface area contributed by atoms with Gasteiger partial charge in [0, 0.05) is 6.20 Å². The second kappa shape index (κ2) is 3.43. The molecule has 0 fully saturated rings. The number of nitrogens with zero attached hydrogens (tertiary/aromatic N) is 4. The van der Waals surface area contributed by atoms with Gasteiger partial charge in [-0.05, 0) is 22.0 Å². The molecular weight excluding hydrogens is 255 g/mol. The highest BCUT2D eigenvalue weighted by molar-refractivity contribution is 9.10. The first-order valence-electron chi connectivity index (χ1n) is 3.45. The van der Waals surface area contributed by atoms with Gasteiger partial charge < -0.3 is 0 Å². The van der Waals surface area contributed by atoms with Crippen LogP contribution >= 0.6 is 27.5 Å². The fraction of sp³-hybridized carbons (Fsp3) is 0. The van der Waals surface area contributed by atoms with E-state index >= 15 is 0 Å². The zero-order valence-corrected chi connectivity index (χ0v) is 8.70. The lowest BCUT2D eigenvalue weighted by atomic mass is 10.6. The minimum atomic E-state index is 0.370. The van der Waals surface area contributed by atoms with Crippen molar-refractivity contribution in [2.75, 3.05) is 0 Å². The van der Waals surface area contributed by atoms with E-state index in [2.05, 4.69) is 31.0 Å². The standard InChI is InChI=1S/C7H4BrClN4/c8-5-1-2-13(12-5)7-4-10-6(9)3-11-7/h1-4H. The van der Waals surface area contributed by atoms with E-state index in [1.54, 1.807) is 17.1 Å². The van der Waals surface area contributed by atoms with Crippen molar-refractivity contribution < 1.29 is 0 Å². The van der Waals surface area contributed by atoms with Gasteiger partial charge in [-0.25, -0.2) is 14.6 Å². The van der Waals surface area contributed by atoms with Crippen LogP contribution in [0.1, 0.15) is 0 Å². The lowest BCUT2D eigenvalue weighted by Crippen LogP contribution is -1.98. The van der Waals surface area contributed by atoms with Crippen LogP contribution in [-0.4, -0.2) is 19.7 Å². The summed E-state index contributed by atoms with van der Waals surface area (Å²) in [6.07, 6.45) is 4.82. The van der Waals surface area contributed by atoms with E-state index in [9.17, 15) is 0 Å². The van der Waals surface area contributed by atoms with Crippen molar-refractivity contribution in [3.05, 3.63) is 34.4 Å². The van der Waals surface area contributed by atoms with Gasteiger partial charge in [0.05, 0.1) is 12.4 Å². The van der Waals surface area contributed by atoms with Crippen LogP contribution in [-0.2, 0) is 0 Å². The summed E-state index contributed by atoms with van der Waals surface area (Å²) in [6.45, 7) is 0. The Kier molecular flexibility index (Phi) is 2.28. The smallest absolute Gasteiger partial charge is 0.171 e. The maximum Gasteiger partial charge on any atom is 0.171 e. The molecule has 0 bridgehead atoms. The molecule has 0 saturated heterocycles. The molecule has 0 amide bonds. The molecule has 0 aliphatic carbocycles. The predicted octanol–water partition coefficient (Wildman–Crippen LogP) is 2.08. The molecule has 13 heavy (non-hydrogen) atoms. The van der Waals surface area contributed by atoms with Crippen molar-refractivity contribution in [3.63, 3.8) is 0 Å². The topological polar surface area (TPSA) is 43.6 Å². The summed E-state index contributed by atoms with van der Waals surface area (Å²) in [5, 5.41) is 4.47. The molecule has 0 spiro atoms. The highest BCUT2D eigenvalue weighted by Gasteiger charge is 1.99. The number of hydrogen-bond acceptors (Lipinski definition) is 3. The maximum absolute atomic E-state index is 5.59. The predicted molar refractivity (Wildman–Crippen MR) is 51.9 cm³/mol. The summed E-state index contributed by atoms with van der Waals surface area (Å²) >= 11 is 8.83. The van der Waals surface area contributed by atoms with Gasteiger partial charge >= 0.3 is 0 Å². The molecule has 2 heterocycles. The van der Waals surface area contributed by atoms with Crippen LogP contribution in [0.3, 0.4) is 0 Å². The van der Waals surface area contributed by atoms with E-state index in [0.717, 1.165) is 4.60 Å². The van der Waals surface area contributed by atoms with Crippen molar-refractivity contribution in [1.82, 2.24) is 19.7 Å². The van der Waals surface area contributed by atoms with Crippen molar-refractivity contribution in [2.45, 2.75) is 0 Å². The molecule has 2 rings (SSSR count). The first-order chi connectivity index (χ1) is 6.25. The monoisotopic (exact) mass is 258 g/mol. The quantitative estimate of drug-likeness (QED) is 0.787. The molecule has 0 aromatic carbocycles. The van der Waals surface area contributed by atoms with Crippen LogP contribution in [0.5, 0.6) is 0 Å². The van der Waals surface area contributed by atoms with Crippen molar-refractivity contribution in [2.24, 2.45) is 0 Å². The molecule has 0 radical (unpaired) electrons.